The Labute approximate surface area is 184 Å². The molecule has 1 saturated heterocycles. The number of nitrogens with zero attached hydrogens (tertiary/aromatic N) is 2. The van der Waals surface area contributed by atoms with Gasteiger partial charge in [0.25, 0.3) is 5.56 Å². The molecule has 0 bridgehead atoms. The summed E-state index contributed by atoms with van der Waals surface area (Å²) in [4.78, 5) is 32.8. The summed E-state index contributed by atoms with van der Waals surface area (Å²) in [6, 6.07) is -0.215. The zero-order valence-corrected chi connectivity index (χ0v) is 19.9. The lowest BCUT2D eigenvalue weighted by atomic mass is 10.2. The quantitative estimate of drug-likeness (QED) is 0.534. The second-order valence-electron chi connectivity index (χ2n) is 8.34. The first-order chi connectivity index (χ1) is 14.2. The van der Waals surface area contributed by atoms with Gasteiger partial charge >= 0.3 is 0 Å². The molecule has 4 rings (SSSR count). The molecular formula is C20H27N3O4S3. The van der Waals surface area contributed by atoms with Crippen LogP contribution in [0.15, 0.2) is 9.95 Å². The average molecular weight is 470 g/mol. The first-order valence-corrected chi connectivity index (χ1v) is 13.9. The first-order valence-electron chi connectivity index (χ1n) is 10.4. The number of rotatable bonds is 5. The molecule has 10 heteroatoms. The Hall–Kier alpha value is -1.39. The molecule has 1 N–H and O–H groups in total. The highest BCUT2D eigenvalue weighted by atomic mass is 32.2. The van der Waals surface area contributed by atoms with E-state index in [1.54, 1.807) is 6.92 Å². The molecule has 1 amide bonds. The minimum Gasteiger partial charge on any atom is -0.351 e. The number of sulfone groups is 1. The van der Waals surface area contributed by atoms with E-state index in [-0.39, 0.29) is 35.1 Å². The molecule has 2 aliphatic rings. The number of hydrogen-bond donors (Lipinski definition) is 1. The molecule has 2 atom stereocenters. The molecule has 0 radical (unpaired) electrons. The molecule has 2 unspecified atom stereocenters. The molecule has 30 heavy (non-hydrogen) atoms. The third-order valence-electron chi connectivity index (χ3n) is 6.12. The topological polar surface area (TPSA) is 98.1 Å². The van der Waals surface area contributed by atoms with Crippen LogP contribution in [-0.2, 0) is 14.6 Å². The van der Waals surface area contributed by atoms with Gasteiger partial charge in [-0.05, 0) is 45.6 Å². The third kappa shape index (κ3) is 4.18. The van der Waals surface area contributed by atoms with E-state index >= 15 is 0 Å². The fourth-order valence-corrected chi connectivity index (χ4v) is 8.03. The Balaban J connectivity index is 1.63. The highest BCUT2D eigenvalue weighted by Gasteiger charge is 2.31. The van der Waals surface area contributed by atoms with Crippen LogP contribution >= 0.6 is 23.1 Å². The summed E-state index contributed by atoms with van der Waals surface area (Å²) in [6.07, 6.45) is 4.53. The van der Waals surface area contributed by atoms with Crippen LogP contribution in [0.5, 0.6) is 0 Å². The molecule has 0 spiro atoms. The van der Waals surface area contributed by atoms with Gasteiger partial charge in [-0.2, -0.15) is 0 Å². The number of thioether (sulfide) groups is 1. The number of thiophene rings is 1. The SMILES string of the molecule is Cc1sc2nc(SC(C)C(=O)NC3CCS(=O)(=O)C3)n(C3CCCC3)c(=O)c2c1C. The summed E-state index contributed by atoms with van der Waals surface area (Å²) in [7, 11) is -3.05. The van der Waals surface area contributed by atoms with Crippen molar-refractivity contribution in [1.82, 2.24) is 14.9 Å². The third-order valence-corrected chi connectivity index (χ3v) is 10.1. The summed E-state index contributed by atoms with van der Waals surface area (Å²) in [5.41, 5.74) is 0.981. The van der Waals surface area contributed by atoms with Crippen LogP contribution in [0.1, 0.15) is 55.5 Å². The van der Waals surface area contributed by atoms with E-state index in [1.165, 1.54) is 23.1 Å². The zero-order chi connectivity index (χ0) is 21.6. The van der Waals surface area contributed by atoms with E-state index in [9.17, 15) is 18.0 Å². The maximum atomic E-state index is 13.4. The van der Waals surface area contributed by atoms with Gasteiger partial charge in [-0.25, -0.2) is 13.4 Å². The molecule has 2 aromatic rings. The number of carbonyl (C=O) groups is 1. The number of amides is 1. The van der Waals surface area contributed by atoms with Crippen LogP contribution in [0, 0.1) is 13.8 Å². The standard InChI is InChI=1S/C20H27N3O4S3/c1-11-12(2)28-18-16(11)19(25)23(15-6-4-5-7-15)20(22-18)29-13(3)17(24)21-14-8-9-30(26,27)10-14/h13-15H,4-10H2,1-3H3,(H,21,24). The Morgan fingerprint density at radius 2 is 1.97 bits per heavy atom. The van der Waals surface area contributed by atoms with Crippen LogP contribution in [0.3, 0.4) is 0 Å². The van der Waals surface area contributed by atoms with Crippen molar-refractivity contribution in [3.8, 4) is 0 Å². The minimum atomic E-state index is -3.05. The lowest BCUT2D eigenvalue weighted by Gasteiger charge is -2.20. The minimum absolute atomic E-state index is 0.000860. The van der Waals surface area contributed by atoms with E-state index in [2.05, 4.69) is 5.32 Å². The van der Waals surface area contributed by atoms with Crippen molar-refractivity contribution in [3.05, 3.63) is 20.8 Å². The number of hydrogen-bond acceptors (Lipinski definition) is 7. The first kappa shape index (κ1) is 21.8. The van der Waals surface area contributed by atoms with Gasteiger partial charge in [0.2, 0.25) is 5.91 Å². The van der Waals surface area contributed by atoms with E-state index in [0.717, 1.165) is 41.0 Å². The summed E-state index contributed by atoms with van der Waals surface area (Å²) in [5, 5.41) is 3.66. The predicted octanol–water partition coefficient (Wildman–Crippen LogP) is 2.97. The molecule has 2 aromatic heterocycles. The van der Waals surface area contributed by atoms with Crippen molar-refractivity contribution >= 4 is 49.1 Å². The van der Waals surface area contributed by atoms with Crippen molar-refractivity contribution in [2.24, 2.45) is 0 Å². The van der Waals surface area contributed by atoms with Crippen molar-refractivity contribution in [2.45, 2.75) is 75.4 Å². The summed E-state index contributed by atoms with van der Waals surface area (Å²) < 4.78 is 25.1. The lowest BCUT2D eigenvalue weighted by Crippen LogP contribution is -2.40. The van der Waals surface area contributed by atoms with Gasteiger partial charge < -0.3 is 5.32 Å². The van der Waals surface area contributed by atoms with E-state index in [4.69, 9.17) is 4.98 Å². The maximum absolute atomic E-state index is 13.4. The van der Waals surface area contributed by atoms with Gasteiger partial charge in [0.15, 0.2) is 15.0 Å². The summed E-state index contributed by atoms with van der Waals surface area (Å²) >= 11 is 2.80. The lowest BCUT2D eigenvalue weighted by molar-refractivity contribution is -0.120. The normalized spacial score (nSPS) is 22.6. The second-order valence-corrected chi connectivity index (χ2v) is 13.1. The molecule has 1 aliphatic heterocycles. The van der Waals surface area contributed by atoms with Crippen LogP contribution in [-0.4, -0.2) is 46.7 Å². The number of aromatic nitrogens is 2. The van der Waals surface area contributed by atoms with Crippen LogP contribution in [0.2, 0.25) is 0 Å². The molecule has 1 saturated carbocycles. The highest BCUT2D eigenvalue weighted by Crippen LogP contribution is 2.35. The van der Waals surface area contributed by atoms with Crippen molar-refractivity contribution < 1.29 is 13.2 Å². The van der Waals surface area contributed by atoms with Crippen molar-refractivity contribution in [2.75, 3.05) is 11.5 Å². The van der Waals surface area contributed by atoms with Crippen LogP contribution in [0.4, 0.5) is 0 Å². The van der Waals surface area contributed by atoms with Gasteiger partial charge in [0.05, 0.1) is 22.1 Å². The number of nitrogens with one attached hydrogen (secondary N) is 1. The Morgan fingerprint density at radius 1 is 1.27 bits per heavy atom. The molecule has 164 valence electrons. The van der Waals surface area contributed by atoms with Gasteiger partial charge in [-0.1, -0.05) is 24.6 Å². The molecule has 0 aromatic carbocycles. The number of carbonyl (C=O) groups excluding carboxylic acids is 1. The predicted molar refractivity (Wildman–Crippen MR) is 121 cm³/mol. The Bertz CT molecular complexity index is 1150. The van der Waals surface area contributed by atoms with E-state index in [0.29, 0.717) is 17.0 Å². The fraction of sp³-hybridized carbons (Fsp3) is 0.650. The largest absolute Gasteiger partial charge is 0.351 e. The van der Waals surface area contributed by atoms with Gasteiger partial charge in [-0.3, -0.25) is 14.2 Å². The zero-order valence-electron chi connectivity index (χ0n) is 17.4. The van der Waals surface area contributed by atoms with Crippen LogP contribution < -0.4 is 10.9 Å². The van der Waals surface area contributed by atoms with E-state index < -0.39 is 15.1 Å². The molecule has 1 aliphatic carbocycles. The smallest absolute Gasteiger partial charge is 0.263 e. The molecular weight excluding hydrogens is 442 g/mol. The van der Waals surface area contributed by atoms with E-state index in [1.807, 2.05) is 18.4 Å². The number of fused-ring (bicyclic) bond motifs is 1. The van der Waals surface area contributed by atoms with Crippen LogP contribution in [0.25, 0.3) is 10.2 Å². The van der Waals surface area contributed by atoms with Gasteiger partial charge in [-0.15, -0.1) is 11.3 Å². The van der Waals surface area contributed by atoms with Gasteiger partial charge in [0, 0.05) is 17.0 Å². The Morgan fingerprint density at radius 3 is 2.60 bits per heavy atom. The highest BCUT2D eigenvalue weighted by molar-refractivity contribution is 8.00. The fourth-order valence-electron chi connectivity index (χ4n) is 4.29. The van der Waals surface area contributed by atoms with Crippen molar-refractivity contribution in [3.63, 3.8) is 0 Å². The van der Waals surface area contributed by atoms with Crippen molar-refractivity contribution in [1.29, 1.82) is 0 Å². The molecule has 7 nitrogen and oxygen atoms in total. The van der Waals surface area contributed by atoms with Gasteiger partial charge in [0.1, 0.15) is 4.83 Å². The summed E-state index contributed by atoms with van der Waals surface area (Å²) in [6.45, 7) is 5.75. The molecule has 2 fully saturated rings. The summed E-state index contributed by atoms with van der Waals surface area (Å²) in [5.74, 6) is -0.0930. The Kier molecular flexibility index (Phi) is 6.02. The molecule has 3 heterocycles. The second kappa shape index (κ2) is 8.27. The average Bonchev–Trinajstić information content (AvgIpc) is 3.36. The number of aryl methyl sites for hydroxylation is 2. The monoisotopic (exact) mass is 469 g/mol. The maximum Gasteiger partial charge on any atom is 0.263 e.